The van der Waals surface area contributed by atoms with Crippen molar-refractivity contribution in [3.8, 4) is 0 Å². The van der Waals surface area contributed by atoms with Gasteiger partial charge in [0, 0.05) is 42.8 Å². The third-order valence-electron chi connectivity index (χ3n) is 3.43. The van der Waals surface area contributed by atoms with E-state index in [9.17, 15) is 18.5 Å². The second kappa shape index (κ2) is 10.1. The molecule has 1 aromatic heterocycles. The first-order chi connectivity index (χ1) is 13.3. The lowest BCUT2D eigenvalue weighted by molar-refractivity contribution is -0.385. The number of hydrogen-bond donors (Lipinski definition) is 3. The summed E-state index contributed by atoms with van der Waals surface area (Å²) in [5, 5.41) is 17.8. The Bertz CT molecular complexity index is 942. The van der Waals surface area contributed by atoms with Crippen molar-refractivity contribution in [2.45, 2.75) is 25.3 Å². The first kappa shape index (κ1) is 21.7. The molecule has 0 fully saturated rings. The molecule has 3 N–H and O–H groups in total. The van der Waals surface area contributed by atoms with Gasteiger partial charge in [-0.1, -0.05) is 6.07 Å². The molecule has 2 rings (SSSR count). The molecule has 152 valence electrons. The molecule has 0 saturated carbocycles. The fourth-order valence-electron chi connectivity index (χ4n) is 2.18. The van der Waals surface area contributed by atoms with Crippen LogP contribution in [0.3, 0.4) is 0 Å². The Morgan fingerprint density at radius 2 is 2.11 bits per heavy atom. The molecular weight excluding hydrogens is 404 g/mol. The fraction of sp³-hybridized carbons (Fsp3) is 0.375. The molecule has 12 heteroatoms. The number of sulfonamides is 1. The second-order valence-electron chi connectivity index (χ2n) is 5.64. The summed E-state index contributed by atoms with van der Waals surface area (Å²) in [4.78, 5) is 19.8. The fourth-order valence-corrected chi connectivity index (χ4v) is 3.96. The summed E-state index contributed by atoms with van der Waals surface area (Å²) >= 11 is 1.57. The molecule has 0 aliphatic rings. The van der Waals surface area contributed by atoms with Crippen LogP contribution in [0.5, 0.6) is 0 Å². The quantitative estimate of drug-likeness (QED) is 0.181. The van der Waals surface area contributed by atoms with Crippen molar-refractivity contribution >= 4 is 33.0 Å². The summed E-state index contributed by atoms with van der Waals surface area (Å²) in [5.41, 5.74) is -0.278. The SMILES string of the molecule is CCNC(=NCc1ncc(C)s1)NCCNS(=O)(=O)c1cccc([N+](=O)[O-])c1. The predicted molar refractivity (Wildman–Crippen MR) is 108 cm³/mol. The minimum Gasteiger partial charge on any atom is -0.357 e. The van der Waals surface area contributed by atoms with E-state index >= 15 is 0 Å². The van der Waals surface area contributed by atoms with Crippen LogP contribution in [-0.4, -0.2) is 43.9 Å². The largest absolute Gasteiger partial charge is 0.357 e. The van der Waals surface area contributed by atoms with Crippen LogP contribution in [0.4, 0.5) is 5.69 Å². The van der Waals surface area contributed by atoms with Crippen LogP contribution < -0.4 is 15.4 Å². The van der Waals surface area contributed by atoms with E-state index in [2.05, 4.69) is 25.3 Å². The van der Waals surface area contributed by atoms with Gasteiger partial charge in [0.05, 0.1) is 16.4 Å². The Balaban J connectivity index is 1.89. The van der Waals surface area contributed by atoms with Crippen LogP contribution in [0.1, 0.15) is 16.8 Å². The minimum atomic E-state index is -3.84. The normalized spacial score (nSPS) is 12.0. The van der Waals surface area contributed by atoms with Gasteiger partial charge >= 0.3 is 0 Å². The van der Waals surface area contributed by atoms with E-state index in [1.807, 2.05) is 13.8 Å². The molecule has 0 spiro atoms. The number of thiazole rings is 1. The van der Waals surface area contributed by atoms with E-state index in [0.29, 0.717) is 19.0 Å². The third-order valence-corrected chi connectivity index (χ3v) is 5.79. The van der Waals surface area contributed by atoms with Crippen LogP contribution in [0.15, 0.2) is 40.4 Å². The van der Waals surface area contributed by atoms with Gasteiger partial charge in [-0.2, -0.15) is 0 Å². The highest BCUT2D eigenvalue weighted by molar-refractivity contribution is 7.89. The van der Waals surface area contributed by atoms with Crippen LogP contribution in [-0.2, 0) is 16.6 Å². The number of nitro benzene ring substituents is 1. The first-order valence-electron chi connectivity index (χ1n) is 8.49. The number of aliphatic imine (C=N–C) groups is 1. The Kier molecular flexibility index (Phi) is 7.84. The van der Waals surface area contributed by atoms with Crippen LogP contribution in [0, 0.1) is 17.0 Å². The van der Waals surface area contributed by atoms with E-state index in [1.54, 1.807) is 17.5 Å². The summed E-state index contributed by atoms with van der Waals surface area (Å²) in [6, 6.07) is 4.91. The minimum absolute atomic E-state index is 0.0891. The average Bonchev–Trinajstić information content (AvgIpc) is 3.08. The number of guanidine groups is 1. The standard InChI is InChI=1S/C16H22N6O4S2/c1-3-17-16(20-11-15-19-10-12(2)27-15)18-7-8-21-28(25,26)14-6-4-5-13(9-14)22(23)24/h4-6,9-10,21H,3,7-8,11H2,1-2H3,(H2,17,18,20). The van der Waals surface area contributed by atoms with Crippen molar-refractivity contribution < 1.29 is 13.3 Å². The van der Waals surface area contributed by atoms with Gasteiger partial charge in [-0.3, -0.25) is 10.1 Å². The van der Waals surface area contributed by atoms with Crippen LogP contribution >= 0.6 is 11.3 Å². The summed E-state index contributed by atoms with van der Waals surface area (Å²) in [7, 11) is -3.84. The summed E-state index contributed by atoms with van der Waals surface area (Å²) in [6.45, 7) is 5.36. The molecule has 0 radical (unpaired) electrons. The molecular formula is C16H22N6O4S2. The van der Waals surface area contributed by atoms with Gasteiger partial charge in [0.15, 0.2) is 5.96 Å². The number of benzene rings is 1. The highest BCUT2D eigenvalue weighted by atomic mass is 32.2. The smallest absolute Gasteiger partial charge is 0.270 e. The lowest BCUT2D eigenvalue weighted by atomic mass is 10.3. The highest BCUT2D eigenvalue weighted by Crippen LogP contribution is 2.16. The Labute approximate surface area is 167 Å². The number of aryl methyl sites for hydroxylation is 1. The molecule has 0 aliphatic carbocycles. The number of hydrogen-bond acceptors (Lipinski definition) is 7. The second-order valence-corrected chi connectivity index (χ2v) is 8.73. The number of non-ortho nitro benzene ring substituents is 1. The summed E-state index contributed by atoms with van der Waals surface area (Å²) < 4.78 is 27.0. The zero-order chi connectivity index (χ0) is 20.6. The zero-order valence-electron chi connectivity index (χ0n) is 15.5. The molecule has 0 aliphatic heterocycles. The highest BCUT2D eigenvalue weighted by Gasteiger charge is 2.17. The third kappa shape index (κ3) is 6.55. The number of nitrogens with zero attached hydrogens (tertiary/aromatic N) is 3. The van der Waals surface area contributed by atoms with Gasteiger partial charge in [0.2, 0.25) is 10.0 Å². The van der Waals surface area contributed by atoms with Gasteiger partial charge in [0.1, 0.15) is 5.01 Å². The van der Waals surface area contributed by atoms with E-state index < -0.39 is 14.9 Å². The molecule has 0 unspecified atom stereocenters. The van der Waals surface area contributed by atoms with E-state index in [0.717, 1.165) is 16.0 Å². The Hall–Kier alpha value is -2.57. The lowest BCUT2D eigenvalue weighted by Crippen LogP contribution is -2.41. The maximum atomic E-state index is 12.3. The molecule has 10 nitrogen and oxygen atoms in total. The molecule has 0 amide bonds. The number of rotatable bonds is 9. The average molecular weight is 427 g/mol. The van der Waals surface area contributed by atoms with Gasteiger partial charge in [-0.05, 0) is 19.9 Å². The molecule has 1 aromatic carbocycles. The summed E-state index contributed by atoms with van der Waals surface area (Å²) in [5.74, 6) is 0.546. The number of aromatic nitrogens is 1. The van der Waals surface area contributed by atoms with Gasteiger partial charge < -0.3 is 10.6 Å². The molecule has 0 bridgehead atoms. The zero-order valence-corrected chi connectivity index (χ0v) is 17.1. The predicted octanol–water partition coefficient (Wildman–Crippen LogP) is 1.39. The van der Waals surface area contributed by atoms with Gasteiger partial charge in [-0.15, -0.1) is 11.3 Å². The van der Waals surface area contributed by atoms with Crippen molar-refractivity contribution in [2.75, 3.05) is 19.6 Å². The monoisotopic (exact) mass is 426 g/mol. The Morgan fingerprint density at radius 3 is 2.75 bits per heavy atom. The van der Waals surface area contributed by atoms with E-state index in [-0.39, 0.29) is 23.7 Å². The molecule has 28 heavy (non-hydrogen) atoms. The maximum Gasteiger partial charge on any atom is 0.270 e. The van der Waals surface area contributed by atoms with Crippen molar-refractivity contribution in [1.82, 2.24) is 20.3 Å². The van der Waals surface area contributed by atoms with Crippen LogP contribution in [0.25, 0.3) is 0 Å². The summed E-state index contributed by atoms with van der Waals surface area (Å²) in [6.07, 6.45) is 1.79. The van der Waals surface area contributed by atoms with Crippen molar-refractivity contribution in [3.63, 3.8) is 0 Å². The van der Waals surface area contributed by atoms with E-state index in [4.69, 9.17) is 0 Å². The van der Waals surface area contributed by atoms with Gasteiger partial charge in [-0.25, -0.2) is 23.1 Å². The lowest BCUT2D eigenvalue weighted by Gasteiger charge is -2.12. The Morgan fingerprint density at radius 1 is 1.32 bits per heavy atom. The topological polar surface area (TPSA) is 139 Å². The molecule has 0 atom stereocenters. The van der Waals surface area contributed by atoms with Crippen molar-refractivity contribution in [1.29, 1.82) is 0 Å². The molecule has 1 heterocycles. The van der Waals surface area contributed by atoms with Gasteiger partial charge in [0.25, 0.3) is 5.69 Å². The maximum absolute atomic E-state index is 12.3. The molecule has 2 aromatic rings. The first-order valence-corrected chi connectivity index (χ1v) is 10.8. The number of nitro groups is 1. The van der Waals surface area contributed by atoms with Crippen molar-refractivity contribution in [3.05, 3.63) is 50.5 Å². The van der Waals surface area contributed by atoms with Crippen molar-refractivity contribution in [2.24, 2.45) is 4.99 Å². The van der Waals surface area contributed by atoms with Crippen LogP contribution in [0.2, 0.25) is 0 Å². The molecule has 0 saturated heterocycles. The van der Waals surface area contributed by atoms with E-state index in [1.165, 1.54) is 18.2 Å². The number of nitrogens with one attached hydrogen (secondary N) is 3.